The van der Waals surface area contributed by atoms with Crippen LogP contribution in [-0.2, 0) is 26.5 Å². The van der Waals surface area contributed by atoms with Gasteiger partial charge in [-0.25, -0.2) is 0 Å². The normalized spacial score (nSPS) is 28.6. The van der Waals surface area contributed by atoms with Crippen LogP contribution in [0.4, 0.5) is 15.5 Å². The van der Waals surface area contributed by atoms with Crippen molar-refractivity contribution in [3.63, 3.8) is 0 Å². The average Bonchev–Trinajstić information content (AvgIpc) is 3.21. The first-order chi connectivity index (χ1) is 16.2. The van der Waals surface area contributed by atoms with Crippen molar-refractivity contribution in [1.29, 1.82) is 0 Å². The van der Waals surface area contributed by atoms with Crippen LogP contribution in [0.15, 0.2) is 48.5 Å². The Bertz CT molecular complexity index is 1120. The predicted octanol–water partition coefficient (Wildman–Crippen LogP) is 4.13. The molecule has 5 rings (SSSR count). The maximum Gasteiger partial charge on any atom is 0.264 e. The minimum atomic E-state index is -3.19. The summed E-state index contributed by atoms with van der Waals surface area (Å²) < 4.78 is 22.0. The van der Waals surface area contributed by atoms with Crippen molar-refractivity contribution in [2.24, 2.45) is 5.92 Å². The van der Waals surface area contributed by atoms with Crippen molar-refractivity contribution >= 4 is 31.6 Å². The molecular formula is C26H31FN2O4Si. The number of halogens is 1. The lowest BCUT2D eigenvalue weighted by Gasteiger charge is -2.31. The number of carbonyl (C=O) groups excluding carboxylic acids is 2. The molecule has 0 unspecified atom stereocenters. The van der Waals surface area contributed by atoms with Crippen molar-refractivity contribution < 1.29 is 23.5 Å². The largest absolute Gasteiger partial charge is 0.396 e. The summed E-state index contributed by atoms with van der Waals surface area (Å²) in [6.07, 6.45) is 0.387. The number of fused-ring (bicyclic) bond motifs is 2. The molecule has 4 atom stereocenters. The number of hydrogen-bond acceptors (Lipinski definition) is 4. The standard InChI is InChI=1S/C26H31FN2O4Si/c1-17-24(34(2,3)27)22(13-15-30)33-26(17)20-6-4-5-7-21(20)29(25(26)32)16-18-8-10-19(11-9-18)28-14-12-23(28)31/h4-11,17,22,24,30H,12-16H2,1-3H3/t17-,22+,24-,26+/m0/s1. The second kappa shape index (κ2) is 8.29. The van der Waals surface area contributed by atoms with Gasteiger partial charge in [0.1, 0.15) is 0 Å². The molecule has 0 bridgehead atoms. The van der Waals surface area contributed by atoms with Gasteiger partial charge in [0.25, 0.3) is 5.91 Å². The minimum absolute atomic E-state index is 0.111. The number of carbonyl (C=O) groups is 2. The lowest BCUT2D eigenvalue weighted by Crippen LogP contribution is -2.45. The Balaban J connectivity index is 1.49. The van der Waals surface area contributed by atoms with Crippen LogP contribution >= 0.6 is 0 Å². The van der Waals surface area contributed by atoms with E-state index in [1.165, 1.54) is 0 Å². The summed E-state index contributed by atoms with van der Waals surface area (Å²) in [5, 5.41) is 9.63. The number of anilines is 2. The van der Waals surface area contributed by atoms with Gasteiger partial charge in [0.05, 0.1) is 18.3 Å². The third-order valence-corrected chi connectivity index (χ3v) is 10.2. The molecule has 0 aromatic heterocycles. The van der Waals surface area contributed by atoms with Crippen LogP contribution in [0, 0.1) is 5.92 Å². The van der Waals surface area contributed by atoms with E-state index >= 15 is 4.11 Å². The number of para-hydroxylation sites is 1. The first-order valence-electron chi connectivity index (χ1n) is 12.0. The van der Waals surface area contributed by atoms with Crippen molar-refractivity contribution in [2.45, 2.75) is 56.7 Å². The zero-order chi connectivity index (χ0) is 24.3. The summed E-state index contributed by atoms with van der Waals surface area (Å²) in [6, 6.07) is 15.3. The number of hydrogen-bond donors (Lipinski definition) is 1. The minimum Gasteiger partial charge on any atom is -0.396 e. The Morgan fingerprint density at radius 3 is 2.44 bits per heavy atom. The highest BCUT2D eigenvalue weighted by atomic mass is 28.4. The summed E-state index contributed by atoms with van der Waals surface area (Å²) in [6.45, 7) is 6.22. The average molecular weight is 483 g/mol. The molecule has 34 heavy (non-hydrogen) atoms. The molecule has 3 aliphatic rings. The Kier molecular flexibility index (Phi) is 5.65. The summed E-state index contributed by atoms with van der Waals surface area (Å²) in [4.78, 5) is 29.3. The first kappa shape index (κ1) is 23.2. The van der Waals surface area contributed by atoms with Gasteiger partial charge in [0, 0.05) is 42.3 Å². The van der Waals surface area contributed by atoms with E-state index in [0.29, 0.717) is 19.4 Å². The molecule has 2 saturated heterocycles. The van der Waals surface area contributed by atoms with E-state index in [4.69, 9.17) is 4.74 Å². The highest BCUT2D eigenvalue weighted by Crippen LogP contribution is 2.60. The molecule has 6 nitrogen and oxygen atoms in total. The van der Waals surface area contributed by atoms with Gasteiger partial charge < -0.3 is 23.8 Å². The van der Waals surface area contributed by atoms with E-state index in [0.717, 1.165) is 29.0 Å². The lowest BCUT2D eigenvalue weighted by molar-refractivity contribution is -0.146. The number of nitrogens with zero attached hydrogens (tertiary/aromatic N) is 2. The number of benzene rings is 2. The van der Waals surface area contributed by atoms with Crippen LogP contribution in [0.5, 0.6) is 0 Å². The number of rotatable bonds is 6. The molecular weight excluding hydrogens is 451 g/mol. The number of amides is 2. The van der Waals surface area contributed by atoms with Crippen molar-refractivity contribution in [3.05, 3.63) is 59.7 Å². The molecule has 3 aliphatic heterocycles. The number of aliphatic hydroxyl groups excluding tert-OH is 1. The fraction of sp³-hybridized carbons (Fsp3) is 0.462. The molecule has 2 amide bonds. The van der Waals surface area contributed by atoms with Gasteiger partial charge in [-0.2, -0.15) is 0 Å². The lowest BCUT2D eigenvalue weighted by atomic mass is 9.82. The van der Waals surface area contributed by atoms with Gasteiger partial charge in [-0.15, -0.1) is 0 Å². The highest BCUT2D eigenvalue weighted by Gasteiger charge is 2.66. The summed E-state index contributed by atoms with van der Waals surface area (Å²) in [7, 11) is -3.19. The van der Waals surface area contributed by atoms with E-state index in [1.807, 2.05) is 55.5 Å². The molecule has 2 aromatic rings. The van der Waals surface area contributed by atoms with Crippen LogP contribution in [0.25, 0.3) is 0 Å². The predicted molar refractivity (Wildman–Crippen MR) is 131 cm³/mol. The number of aliphatic hydroxyl groups is 1. The van der Waals surface area contributed by atoms with E-state index in [1.54, 1.807) is 22.9 Å². The summed E-state index contributed by atoms with van der Waals surface area (Å²) in [5.74, 6) is -0.405. The third-order valence-electron chi connectivity index (χ3n) is 7.72. The molecule has 180 valence electrons. The number of β-lactam (4-membered cyclic amide) rings is 1. The molecule has 1 N–H and O–H groups in total. The Labute approximate surface area is 200 Å². The van der Waals surface area contributed by atoms with Gasteiger partial charge in [-0.05, 0) is 43.3 Å². The van der Waals surface area contributed by atoms with E-state index in [9.17, 15) is 14.7 Å². The SMILES string of the molecule is C[C@H]1[C@H]([Si](C)(C)F)[C@@H](CCO)O[C@]12C(=O)N(Cc1ccc(N3CCC3=O)cc1)c1ccccc12. The second-order valence-corrected chi connectivity index (χ2v) is 13.9. The quantitative estimate of drug-likeness (QED) is 0.382. The highest BCUT2D eigenvalue weighted by molar-refractivity contribution is 6.72. The molecule has 0 radical (unpaired) electrons. The smallest absolute Gasteiger partial charge is 0.264 e. The molecule has 3 heterocycles. The molecule has 1 spiro atoms. The van der Waals surface area contributed by atoms with Crippen LogP contribution in [0.3, 0.4) is 0 Å². The Morgan fingerprint density at radius 1 is 1.15 bits per heavy atom. The van der Waals surface area contributed by atoms with Gasteiger partial charge in [-0.1, -0.05) is 37.3 Å². The van der Waals surface area contributed by atoms with Gasteiger partial charge in [0.2, 0.25) is 14.3 Å². The van der Waals surface area contributed by atoms with Crippen LogP contribution in [-0.4, -0.2) is 44.6 Å². The van der Waals surface area contributed by atoms with E-state index in [2.05, 4.69) is 0 Å². The maximum absolute atomic E-state index is 15.5. The molecule has 2 fully saturated rings. The maximum atomic E-state index is 15.5. The zero-order valence-electron chi connectivity index (χ0n) is 19.8. The van der Waals surface area contributed by atoms with Gasteiger partial charge in [0.15, 0.2) is 5.60 Å². The number of ether oxygens (including phenoxy) is 1. The van der Waals surface area contributed by atoms with E-state index in [-0.39, 0.29) is 24.3 Å². The van der Waals surface area contributed by atoms with Crippen molar-refractivity contribution in [1.82, 2.24) is 0 Å². The molecule has 0 saturated carbocycles. The molecule has 2 aromatic carbocycles. The Hall–Kier alpha value is -2.55. The van der Waals surface area contributed by atoms with Crippen LogP contribution in [0.1, 0.15) is 30.9 Å². The van der Waals surface area contributed by atoms with Crippen LogP contribution in [0.2, 0.25) is 18.6 Å². The van der Waals surface area contributed by atoms with Gasteiger partial charge in [-0.3, -0.25) is 9.59 Å². The first-order valence-corrected chi connectivity index (χ1v) is 14.9. The zero-order valence-corrected chi connectivity index (χ0v) is 20.8. The fourth-order valence-corrected chi connectivity index (χ4v) is 8.65. The topological polar surface area (TPSA) is 70.1 Å². The van der Waals surface area contributed by atoms with Crippen molar-refractivity contribution in [2.75, 3.05) is 23.0 Å². The van der Waals surface area contributed by atoms with Gasteiger partial charge >= 0.3 is 0 Å². The fourth-order valence-electron chi connectivity index (χ4n) is 6.11. The Morgan fingerprint density at radius 2 is 1.85 bits per heavy atom. The van der Waals surface area contributed by atoms with E-state index < -0.39 is 25.7 Å². The third kappa shape index (κ3) is 3.42. The van der Waals surface area contributed by atoms with Crippen molar-refractivity contribution in [3.8, 4) is 0 Å². The monoisotopic (exact) mass is 482 g/mol. The summed E-state index contributed by atoms with van der Waals surface area (Å²) in [5.41, 5.74) is 1.71. The molecule has 0 aliphatic carbocycles. The van der Waals surface area contributed by atoms with Crippen LogP contribution < -0.4 is 9.80 Å². The summed E-state index contributed by atoms with van der Waals surface area (Å²) >= 11 is 0. The second-order valence-electron chi connectivity index (χ2n) is 10.2. The molecule has 8 heteroatoms.